The van der Waals surface area contributed by atoms with Crippen molar-refractivity contribution in [2.24, 2.45) is 0 Å². The van der Waals surface area contributed by atoms with Gasteiger partial charge < -0.3 is 24.8 Å². The van der Waals surface area contributed by atoms with Crippen LogP contribution in [0.3, 0.4) is 0 Å². The molecule has 4 rings (SSSR count). The number of ether oxygens (including phenoxy) is 1. The minimum atomic E-state index is -1.08. The molecule has 0 bridgehead atoms. The summed E-state index contributed by atoms with van der Waals surface area (Å²) < 4.78 is 5.94. The zero-order valence-corrected chi connectivity index (χ0v) is 13.2. The highest BCUT2D eigenvalue weighted by molar-refractivity contribution is 5.87. The van der Waals surface area contributed by atoms with Crippen molar-refractivity contribution >= 4 is 16.9 Å². The van der Waals surface area contributed by atoms with Gasteiger partial charge in [0.05, 0.1) is 17.6 Å². The molecule has 2 aliphatic heterocycles. The van der Waals surface area contributed by atoms with Crippen LogP contribution in [0, 0.1) is 0 Å². The second kappa shape index (κ2) is 5.15. The van der Waals surface area contributed by atoms with Gasteiger partial charge in [-0.25, -0.2) is 9.97 Å². The second-order valence-corrected chi connectivity index (χ2v) is 6.85. The number of nitrogens with one attached hydrogen (secondary N) is 1. The Morgan fingerprint density at radius 1 is 1.30 bits per heavy atom. The number of piperidine rings is 1. The lowest BCUT2D eigenvalue weighted by atomic mass is 9.75. The summed E-state index contributed by atoms with van der Waals surface area (Å²) in [6.45, 7) is 3.64. The molecule has 0 unspecified atom stereocenters. The van der Waals surface area contributed by atoms with Gasteiger partial charge in [-0.15, -0.1) is 0 Å². The molecule has 0 amide bonds. The third-order valence-electron chi connectivity index (χ3n) is 5.33. The SMILES string of the molecule is C[C@@]1(O)CCOC2(CCN(c3ncnc4[nH]ccc34)CC2)[C@H]1O. The van der Waals surface area contributed by atoms with Gasteiger partial charge in [0.1, 0.15) is 29.5 Å². The third kappa shape index (κ3) is 2.31. The predicted octanol–water partition coefficient (Wildman–Crippen LogP) is 0.829. The van der Waals surface area contributed by atoms with Crippen molar-refractivity contribution in [3.63, 3.8) is 0 Å². The fourth-order valence-corrected chi connectivity index (χ4v) is 3.87. The van der Waals surface area contributed by atoms with Crippen molar-refractivity contribution in [1.82, 2.24) is 15.0 Å². The van der Waals surface area contributed by atoms with Gasteiger partial charge >= 0.3 is 0 Å². The number of aliphatic hydroxyl groups excluding tert-OH is 1. The van der Waals surface area contributed by atoms with Crippen LogP contribution in [0.1, 0.15) is 26.2 Å². The fraction of sp³-hybridized carbons (Fsp3) is 0.625. The molecule has 2 aliphatic rings. The molecule has 2 atom stereocenters. The molecule has 0 saturated carbocycles. The molecule has 23 heavy (non-hydrogen) atoms. The highest BCUT2D eigenvalue weighted by Crippen LogP contribution is 2.40. The summed E-state index contributed by atoms with van der Waals surface area (Å²) in [7, 11) is 0. The molecule has 2 aromatic rings. The third-order valence-corrected chi connectivity index (χ3v) is 5.33. The molecule has 2 saturated heterocycles. The number of rotatable bonds is 1. The summed E-state index contributed by atoms with van der Waals surface area (Å²) in [5.41, 5.74) is -0.904. The van der Waals surface area contributed by atoms with Crippen LogP contribution < -0.4 is 4.90 Å². The lowest BCUT2D eigenvalue weighted by Gasteiger charge is -2.51. The van der Waals surface area contributed by atoms with E-state index in [0.29, 0.717) is 25.9 Å². The number of nitrogens with zero attached hydrogens (tertiary/aromatic N) is 3. The highest BCUT2D eigenvalue weighted by atomic mass is 16.5. The van der Waals surface area contributed by atoms with Crippen molar-refractivity contribution in [3.05, 3.63) is 18.6 Å². The fourth-order valence-electron chi connectivity index (χ4n) is 3.87. The molecule has 1 spiro atoms. The van der Waals surface area contributed by atoms with Crippen LogP contribution in [-0.2, 0) is 4.74 Å². The number of fused-ring (bicyclic) bond motifs is 1. The Balaban J connectivity index is 1.56. The van der Waals surface area contributed by atoms with Crippen molar-refractivity contribution in [2.75, 3.05) is 24.6 Å². The van der Waals surface area contributed by atoms with E-state index in [2.05, 4.69) is 19.9 Å². The minimum Gasteiger partial charge on any atom is -0.387 e. The van der Waals surface area contributed by atoms with Crippen LogP contribution in [0.5, 0.6) is 0 Å². The van der Waals surface area contributed by atoms with Crippen LogP contribution in [0.25, 0.3) is 11.0 Å². The number of aliphatic hydroxyl groups is 2. The second-order valence-electron chi connectivity index (χ2n) is 6.85. The summed E-state index contributed by atoms with van der Waals surface area (Å²) >= 11 is 0. The smallest absolute Gasteiger partial charge is 0.142 e. The summed E-state index contributed by atoms with van der Waals surface area (Å²) in [4.78, 5) is 13.9. The average Bonchev–Trinajstić information content (AvgIpc) is 3.02. The quantitative estimate of drug-likeness (QED) is 0.721. The number of anilines is 1. The van der Waals surface area contributed by atoms with Crippen LogP contribution in [0.2, 0.25) is 0 Å². The predicted molar refractivity (Wildman–Crippen MR) is 85.3 cm³/mol. The summed E-state index contributed by atoms with van der Waals surface area (Å²) in [6.07, 6.45) is 4.37. The topological polar surface area (TPSA) is 94.5 Å². The lowest BCUT2D eigenvalue weighted by molar-refractivity contribution is -0.239. The molecule has 3 N–H and O–H groups in total. The maximum Gasteiger partial charge on any atom is 0.142 e. The van der Waals surface area contributed by atoms with Gasteiger partial charge in [-0.1, -0.05) is 0 Å². The van der Waals surface area contributed by atoms with E-state index in [1.807, 2.05) is 12.3 Å². The molecule has 2 aromatic heterocycles. The Labute approximate surface area is 134 Å². The van der Waals surface area contributed by atoms with Crippen molar-refractivity contribution in [1.29, 1.82) is 0 Å². The van der Waals surface area contributed by atoms with Crippen molar-refractivity contribution < 1.29 is 14.9 Å². The van der Waals surface area contributed by atoms with E-state index in [0.717, 1.165) is 29.9 Å². The first-order valence-electron chi connectivity index (χ1n) is 8.09. The van der Waals surface area contributed by atoms with Gasteiger partial charge in [0.2, 0.25) is 0 Å². The maximum absolute atomic E-state index is 10.6. The molecule has 2 fully saturated rings. The first kappa shape index (κ1) is 14.9. The Kier molecular flexibility index (Phi) is 3.33. The summed E-state index contributed by atoms with van der Waals surface area (Å²) in [5.74, 6) is 0.906. The molecule has 0 radical (unpaired) electrons. The standard InChI is InChI=1S/C16H22N4O3/c1-15(22)5-9-23-16(14(15)21)3-7-20(8-4-16)13-11-2-6-17-12(11)18-10-19-13/h2,6,10,14,21-22H,3-5,7-9H2,1H3,(H,17,18,19)/t14-,15+/m0/s1. The molecule has 0 aliphatic carbocycles. The zero-order valence-electron chi connectivity index (χ0n) is 13.2. The van der Waals surface area contributed by atoms with Crippen molar-refractivity contribution in [2.45, 2.75) is 43.5 Å². The van der Waals surface area contributed by atoms with E-state index in [1.165, 1.54) is 0 Å². The van der Waals surface area contributed by atoms with E-state index >= 15 is 0 Å². The molecular formula is C16H22N4O3. The molecule has 7 nitrogen and oxygen atoms in total. The molecule has 0 aromatic carbocycles. The normalized spacial score (nSPS) is 30.9. The zero-order chi connectivity index (χ0) is 16.1. The van der Waals surface area contributed by atoms with Gasteiger partial charge in [-0.05, 0) is 25.8 Å². The van der Waals surface area contributed by atoms with E-state index in [-0.39, 0.29) is 0 Å². The minimum absolute atomic E-state index is 0.468. The van der Waals surface area contributed by atoms with Crippen LogP contribution >= 0.6 is 0 Å². The summed E-state index contributed by atoms with van der Waals surface area (Å²) in [6, 6.07) is 1.98. The van der Waals surface area contributed by atoms with Gasteiger partial charge in [-0.2, -0.15) is 0 Å². The van der Waals surface area contributed by atoms with Gasteiger partial charge in [0, 0.05) is 25.7 Å². The Morgan fingerprint density at radius 2 is 2.09 bits per heavy atom. The van der Waals surface area contributed by atoms with Crippen molar-refractivity contribution in [3.8, 4) is 0 Å². The maximum atomic E-state index is 10.6. The Morgan fingerprint density at radius 3 is 2.87 bits per heavy atom. The molecule has 7 heteroatoms. The van der Waals surface area contributed by atoms with Gasteiger partial charge in [0.25, 0.3) is 0 Å². The first-order valence-corrected chi connectivity index (χ1v) is 8.09. The molecule has 4 heterocycles. The number of aromatic nitrogens is 3. The largest absolute Gasteiger partial charge is 0.387 e. The molecular weight excluding hydrogens is 296 g/mol. The number of aromatic amines is 1. The van der Waals surface area contributed by atoms with Gasteiger partial charge in [0.15, 0.2) is 0 Å². The van der Waals surface area contributed by atoms with E-state index in [1.54, 1.807) is 13.3 Å². The van der Waals surface area contributed by atoms with E-state index in [4.69, 9.17) is 4.74 Å². The Hall–Kier alpha value is -1.70. The van der Waals surface area contributed by atoms with E-state index < -0.39 is 17.3 Å². The number of hydrogen-bond acceptors (Lipinski definition) is 6. The van der Waals surface area contributed by atoms with Crippen LogP contribution in [0.15, 0.2) is 18.6 Å². The highest BCUT2D eigenvalue weighted by Gasteiger charge is 2.52. The lowest BCUT2D eigenvalue weighted by Crippen LogP contribution is -2.64. The average molecular weight is 318 g/mol. The first-order chi connectivity index (χ1) is 11.0. The summed E-state index contributed by atoms with van der Waals surface area (Å²) in [5, 5.41) is 22.0. The Bertz CT molecular complexity index is 706. The monoisotopic (exact) mass is 318 g/mol. The van der Waals surface area contributed by atoms with Crippen LogP contribution in [-0.4, -0.2) is 62.2 Å². The van der Waals surface area contributed by atoms with E-state index in [9.17, 15) is 10.2 Å². The number of H-pyrrole nitrogens is 1. The van der Waals surface area contributed by atoms with Crippen LogP contribution in [0.4, 0.5) is 5.82 Å². The number of hydrogen-bond donors (Lipinski definition) is 3. The molecule has 124 valence electrons. The van der Waals surface area contributed by atoms with Gasteiger partial charge in [-0.3, -0.25) is 0 Å².